The van der Waals surface area contributed by atoms with Crippen molar-refractivity contribution >= 4 is 40.4 Å². The van der Waals surface area contributed by atoms with Gasteiger partial charge in [0.25, 0.3) is 5.91 Å². The lowest BCUT2D eigenvalue weighted by Gasteiger charge is -2.26. The van der Waals surface area contributed by atoms with Gasteiger partial charge in [0.1, 0.15) is 5.69 Å². The molecule has 124 valence electrons. The molecule has 2 aromatic heterocycles. The molecule has 0 unspecified atom stereocenters. The number of thioether (sulfide) groups is 1. The molecule has 0 aliphatic carbocycles. The summed E-state index contributed by atoms with van der Waals surface area (Å²) in [6, 6.07) is 11.5. The lowest BCUT2D eigenvalue weighted by atomic mass is 10.2. The van der Waals surface area contributed by atoms with Crippen LogP contribution < -0.4 is 0 Å². The first-order valence-electron chi connectivity index (χ1n) is 7.90. The van der Waals surface area contributed by atoms with E-state index in [1.54, 1.807) is 6.26 Å². The summed E-state index contributed by atoms with van der Waals surface area (Å²) in [5.74, 6) is 2.08. The van der Waals surface area contributed by atoms with Crippen molar-refractivity contribution in [2.24, 2.45) is 0 Å². The molecule has 0 radical (unpaired) electrons. The van der Waals surface area contributed by atoms with Crippen molar-refractivity contribution in [3.63, 3.8) is 0 Å². The van der Waals surface area contributed by atoms with E-state index in [1.807, 2.05) is 57.6 Å². The molecule has 24 heavy (non-hydrogen) atoms. The topological polar surface area (TPSA) is 38.4 Å². The molecule has 0 atom stereocenters. The van der Waals surface area contributed by atoms with E-state index in [9.17, 15) is 4.79 Å². The minimum atomic E-state index is 0.0793. The van der Waals surface area contributed by atoms with Crippen molar-refractivity contribution in [2.45, 2.75) is 6.54 Å². The van der Waals surface area contributed by atoms with Crippen LogP contribution in [0.5, 0.6) is 0 Å². The average Bonchev–Trinajstić information content (AvgIpc) is 3.19. The number of halogens is 1. The second-order valence-electron chi connectivity index (χ2n) is 5.82. The highest BCUT2D eigenvalue weighted by Gasteiger charge is 2.24. The molecule has 1 aliphatic rings. The lowest BCUT2D eigenvalue weighted by Crippen LogP contribution is -2.38. The van der Waals surface area contributed by atoms with E-state index in [1.165, 1.54) is 0 Å². The zero-order valence-corrected chi connectivity index (χ0v) is 14.6. The van der Waals surface area contributed by atoms with Gasteiger partial charge in [0.15, 0.2) is 5.58 Å². The normalized spacial score (nSPS) is 15.1. The Bertz CT molecular complexity index is 863. The number of amides is 1. The quantitative estimate of drug-likeness (QED) is 0.705. The highest BCUT2D eigenvalue weighted by atomic mass is 35.5. The zero-order chi connectivity index (χ0) is 16.5. The first-order valence-corrected chi connectivity index (χ1v) is 9.44. The Balaban J connectivity index is 1.71. The number of furan rings is 1. The Labute approximate surface area is 149 Å². The van der Waals surface area contributed by atoms with Gasteiger partial charge in [0.2, 0.25) is 0 Å². The SMILES string of the molecule is O=C(c1cc2occc2n1Cc1ccc(Cl)cc1)N1CCSCC1. The minimum Gasteiger partial charge on any atom is -0.463 e. The Morgan fingerprint density at radius 1 is 1.17 bits per heavy atom. The van der Waals surface area contributed by atoms with Crippen LogP contribution in [0.25, 0.3) is 11.1 Å². The first-order chi connectivity index (χ1) is 11.7. The van der Waals surface area contributed by atoms with Crippen LogP contribution in [-0.2, 0) is 6.54 Å². The number of benzene rings is 1. The van der Waals surface area contributed by atoms with Crippen molar-refractivity contribution in [1.82, 2.24) is 9.47 Å². The average molecular weight is 361 g/mol. The highest BCUT2D eigenvalue weighted by Crippen LogP contribution is 2.25. The predicted molar refractivity (Wildman–Crippen MR) is 98.0 cm³/mol. The summed E-state index contributed by atoms with van der Waals surface area (Å²) < 4.78 is 7.55. The molecule has 1 aliphatic heterocycles. The molecule has 4 rings (SSSR count). The maximum atomic E-state index is 13.0. The van der Waals surface area contributed by atoms with Crippen LogP contribution in [0.1, 0.15) is 16.1 Å². The molecule has 6 heteroatoms. The molecule has 0 bridgehead atoms. The summed E-state index contributed by atoms with van der Waals surface area (Å²) >= 11 is 7.86. The van der Waals surface area contributed by atoms with E-state index in [-0.39, 0.29) is 5.91 Å². The van der Waals surface area contributed by atoms with Gasteiger partial charge in [-0.25, -0.2) is 0 Å². The molecule has 3 aromatic rings. The Hall–Kier alpha value is -1.85. The number of rotatable bonds is 3. The third kappa shape index (κ3) is 2.94. The van der Waals surface area contributed by atoms with E-state index >= 15 is 0 Å². The van der Waals surface area contributed by atoms with Crippen LogP contribution in [0.4, 0.5) is 0 Å². The third-order valence-corrected chi connectivity index (χ3v) is 5.49. The van der Waals surface area contributed by atoms with Gasteiger partial charge in [-0.2, -0.15) is 11.8 Å². The van der Waals surface area contributed by atoms with Gasteiger partial charge in [-0.15, -0.1) is 0 Å². The van der Waals surface area contributed by atoms with E-state index in [2.05, 4.69) is 0 Å². The number of nitrogens with zero attached hydrogens (tertiary/aromatic N) is 2. The van der Waals surface area contributed by atoms with Gasteiger partial charge in [-0.05, 0) is 17.7 Å². The molecular weight excluding hydrogens is 344 g/mol. The van der Waals surface area contributed by atoms with Gasteiger partial charge < -0.3 is 13.9 Å². The Kier molecular flexibility index (Phi) is 4.29. The summed E-state index contributed by atoms with van der Waals surface area (Å²) in [5, 5.41) is 0.710. The molecule has 4 nitrogen and oxygen atoms in total. The van der Waals surface area contributed by atoms with Crippen molar-refractivity contribution in [3.8, 4) is 0 Å². The predicted octanol–water partition coefficient (Wildman–Crippen LogP) is 4.13. The lowest BCUT2D eigenvalue weighted by molar-refractivity contribution is 0.0762. The van der Waals surface area contributed by atoms with Crippen molar-refractivity contribution in [1.29, 1.82) is 0 Å². The van der Waals surface area contributed by atoms with Crippen molar-refractivity contribution < 1.29 is 9.21 Å². The smallest absolute Gasteiger partial charge is 0.270 e. The van der Waals surface area contributed by atoms with E-state index in [4.69, 9.17) is 16.0 Å². The van der Waals surface area contributed by atoms with E-state index < -0.39 is 0 Å². The second kappa shape index (κ2) is 6.57. The monoisotopic (exact) mass is 360 g/mol. The summed E-state index contributed by atoms with van der Waals surface area (Å²) in [4.78, 5) is 14.9. The summed E-state index contributed by atoms with van der Waals surface area (Å²) in [6.45, 7) is 2.22. The number of hydrogen-bond acceptors (Lipinski definition) is 3. The van der Waals surface area contributed by atoms with Crippen LogP contribution >= 0.6 is 23.4 Å². The molecule has 0 N–H and O–H groups in total. The van der Waals surface area contributed by atoms with Crippen molar-refractivity contribution in [2.75, 3.05) is 24.6 Å². The summed E-state index contributed by atoms with van der Waals surface area (Å²) in [5.41, 5.74) is 3.48. The van der Waals surface area contributed by atoms with Gasteiger partial charge in [0, 0.05) is 48.3 Å². The summed E-state index contributed by atoms with van der Waals surface area (Å²) in [6.07, 6.45) is 1.66. The number of hydrogen-bond donors (Lipinski definition) is 0. The van der Waals surface area contributed by atoms with Crippen LogP contribution in [-0.4, -0.2) is 40.0 Å². The van der Waals surface area contributed by atoms with Crippen LogP contribution in [0.3, 0.4) is 0 Å². The fraction of sp³-hybridized carbons (Fsp3) is 0.278. The van der Waals surface area contributed by atoms with Crippen molar-refractivity contribution in [3.05, 3.63) is 58.9 Å². The third-order valence-electron chi connectivity index (χ3n) is 4.29. The van der Waals surface area contributed by atoms with Crippen LogP contribution in [0.15, 0.2) is 47.1 Å². The maximum Gasteiger partial charge on any atom is 0.270 e. The molecule has 0 spiro atoms. The molecule has 1 amide bonds. The van der Waals surface area contributed by atoms with E-state index in [0.717, 1.165) is 41.3 Å². The van der Waals surface area contributed by atoms with Gasteiger partial charge >= 0.3 is 0 Å². The summed E-state index contributed by atoms with van der Waals surface area (Å²) in [7, 11) is 0. The van der Waals surface area contributed by atoms with Crippen LogP contribution in [0.2, 0.25) is 5.02 Å². The van der Waals surface area contributed by atoms with Gasteiger partial charge in [-0.1, -0.05) is 23.7 Å². The number of carbonyl (C=O) groups is 1. The highest BCUT2D eigenvalue weighted by molar-refractivity contribution is 7.99. The molecular formula is C18H17ClN2O2S. The van der Waals surface area contributed by atoms with Crippen LogP contribution in [0, 0.1) is 0 Å². The largest absolute Gasteiger partial charge is 0.463 e. The number of aromatic nitrogens is 1. The molecule has 1 fully saturated rings. The van der Waals surface area contributed by atoms with E-state index in [0.29, 0.717) is 17.3 Å². The standard InChI is InChI=1S/C18H17ClN2O2S/c19-14-3-1-13(2-4-14)12-21-15-5-8-23-17(15)11-16(21)18(22)20-6-9-24-10-7-20/h1-5,8,11H,6-7,9-10,12H2. The second-order valence-corrected chi connectivity index (χ2v) is 7.48. The minimum absolute atomic E-state index is 0.0793. The molecule has 3 heterocycles. The zero-order valence-electron chi connectivity index (χ0n) is 13.1. The maximum absolute atomic E-state index is 13.0. The Morgan fingerprint density at radius 3 is 2.67 bits per heavy atom. The van der Waals surface area contributed by atoms with Gasteiger partial charge in [0.05, 0.1) is 11.8 Å². The molecule has 0 saturated carbocycles. The van der Waals surface area contributed by atoms with Gasteiger partial charge in [-0.3, -0.25) is 4.79 Å². The fourth-order valence-electron chi connectivity index (χ4n) is 3.03. The number of carbonyl (C=O) groups excluding carboxylic acids is 1. The Morgan fingerprint density at radius 2 is 1.92 bits per heavy atom. The first kappa shape index (κ1) is 15.7. The molecule has 1 aromatic carbocycles. The fourth-order valence-corrected chi connectivity index (χ4v) is 4.05. The molecule has 1 saturated heterocycles. The number of fused-ring (bicyclic) bond motifs is 1.